The standard InChI is InChI=1S/C27H33N3O3/c1-4-18-12-21(17(2)20-7-8-28-27(18)20)19-13-22-23(25-6-5-9-32-10-11-33-25)14-26(31)30(3)16-24(22)29-15-19/h7-8,12-13,15,23,25,28H,4-6,9-11,14,16H2,1-3H3. The molecule has 6 nitrogen and oxygen atoms in total. The van der Waals surface area contributed by atoms with Crippen molar-refractivity contribution in [1.29, 1.82) is 0 Å². The molecule has 2 unspecified atom stereocenters. The molecular weight excluding hydrogens is 414 g/mol. The average molecular weight is 448 g/mol. The quantitative estimate of drug-likeness (QED) is 0.630. The van der Waals surface area contributed by atoms with Crippen molar-refractivity contribution < 1.29 is 14.3 Å². The molecule has 0 saturated carbocycles. The molecule has 2 aromatic heterocycles. The summed E-state index contributed by atoms with van der Waals surface area (Å²) in [6.07, 6.45) is 7.24. The zero-order valence-corrected chi connectivity index (χ0v) is 19.8. The Morgan fingerprint density at radius 1 is 1.24 bits per heavy atom. The number of hydrogen-bond acceptors (Lipinski definition) is 4. The molecule has 6 heteroatoms. The number of nitrogens with one attached hydrogen (secondary N) is 1. The second-order valence-electron chi connectivity index (χ2n) is 9.31. The molecule has 4 heterocycles. The van der Waals surface area contributed by atoms with Crippen LogP contribution in [-0.2, 0) is 27.2 Å². The highest BCUT2D eigenvalue weighted by Gasteiger charge is 2.33. The maximum absolute atomic E-state index is 12.9. The fourth-order valence-electron chi connectivity index (χ4n) is 5.38. The number of ether oxygens (including phenoxy) is 2. The van der Waals surface area contributed by atoms with Gasteiger partial charge in [0.1, 0.15) is 0 Å². The number of hydrogen-bond donors (Lipinski definition) is 1. The van der Waals surface area contributed by atoms with Crippen molar-refractivity contribution in [1.82, 2.24) is 14.9 Å². The van der Waals surface area contributed by atoms with E-state index in [4.69, 9.17) is 14.5 Å². The lowest BCUT2D eigenvalue weighted by atomic mass is 9.85. The van der Waals surface area contributed by atoms with Crippen molar-refractivity contribution >= 4 is 16.8 Å². The molecule has 0 bridgehead atoms. The van der Waals surface area contributed by atoms with Crippen LogP contribution in [0.3, 0.4) is 0 Å². The number of rotatable bonds is 3. The average Bonchev–Trinajstić information content (AvgIpc) is 3.25. The van der Waals surface area contributed by atoms with Gasteiger partial charge in [0.15, 0.2) is 0 Å². The van der Waals surface area contributed by atoms with Gasteiger partial charge in [-0.25, -0.2) is 0 Å². The Labute approximate surface area is 195 Å². The van der Waals surface area contributed by atoms with Crippen LogP contribution in [-0.4, -0.2) is 53.7 Å². The van der Waals surface area contributed by atoms with E-state index in [2.05, 4.69) is 37.0 Å². The largest absolute Gasteiger partial charge is 0.379 e. The maximum Gasteiger partial charge on any atom is 0.223 e. The summed E-state index contributed by atoms with van der Waals surface area (Å²) in [4.78, 5) is 23.0. The Morgan fingerprint density at radius 2 is 2.12 bits per heavy atom. The van der Waals surface area contributed by atoms with Crippen LogP contribution in [0.25, 0.3) is 22.0 Å². The second-order valence-corrected chi connectivity index (χ2v) is 9.31. The molecule has 1 saturated heterocycles. The molecule has 2 aliphatic heterocycles. The van der Waals surface area contributed by atoms with Crippen LogP contribution < -0.4 is 0 Å². The van der Waals surface area contributed by atoms with Crippen LogP contribution >= 0.6 is 0 Å². The predicted molar refractivity (Wildman–Crippen MR) is 129 cm³/mol. The monoisotopic (exact) mass is 447 g/mol. The van der Waals surface area contributed by atoms with Crippen molar-refractivity contribution in [2.24, 2.45) is 0 Å². The van der Waals surface area contributed by atoms with E-state index in [9.17, 15) is 4.79 Å². The van der Waals surface area contributed by atoms with Crippen molar-refractivity contribution in [3.8, 4) is 11.1 Å². The number of H-pyrrole nitrogens is 1. The third-order valence-corrected chi connectivity index (χ3v) is 7.28. The molecule has 1 N–H and O–H groups in total. The minimum Gasteiger partial charge on any atom is -0.379 e. The Hall–Kier alpha value is -2.70. The van der Waals surface area contributed by atoms with Gasteiger partial charge < -0.3 is 19.4 Å². The van der Waals surface area contributed by atoms with Crippen molar-refractivity contribution in [3.05, 3.63) is 53.0 Å². The number of aromatic amines is 1. The number of fused-ring (bicyclic) bond motifs is 2. The summed E-state index contributed by atoms with van der Waals surface area (Å²) in [5.41, 5.74) is 8.24. The molecule has 1 amide bonds. The summed E-state index contributed by atoms with van der Waals surface area (Å²) < 4.78 is 11.8. The first-order valence-corrected chi connectivity index (χ1v) is 12.1. The number of nitrogens with zero attached hydrogens (tertiary/aromatic N) is 2. The number of amides is 1. The van der Waals surface area contributed by atoms with E-state index in [-0.39, 0.29) is 17.9 Å². The molecule has 1 fully saturated rings. The molecule has 0 radical (unpaired) electrons. The van der Waals surface area contributed by atoms with Gasteiger partial charge in [-0.05, 0) is 66.6 Å². The van der Waals surface area contributed by atoms with E-state index < -0.39 is 0 Å². The minimum atomic E-state index is -0.000367. The van der Waals surface area contributed by atoms with Crippen LogP contribution in [0.15, 0.2) is 30.6 Å². The topological polar surface area (TPSA) is 67.5 Å². The smallest absolute Gasteiger partial charge is 0.223 e. The highest BCUT2D eigenvalue weighted by atomic mass is 16.5. The van der Waals surface area contributed by atoms with Crippen LogP contribution in [0.4, 0.5) is 0 Å². The lowest BCUT2D eigenvalue weighted by molar-refractivity contribution is -0.131. The van der Waals surface area contributed by atoms with E-state index in [0.29, 0.717) is 26.2 Å². The van der Waals surface area contributed by atoms with Crippen LogP contribution in [0.5, 0.6) is 0 Å². The number of pyridine rings is 1. The van der Waals surface area contributed by atoms with E-state index in [1.165, 1.54) is 27.6 Å². The van der Waals surface area contributed by atoms with E-state index in [1.807, 2.05) is 19.4 Å². The highest BCUT2D eigenvalue weighted by molar-refractivity contribution is 5.92. The fraction of sp³-hybridized carbons (Fsp3) is 0.481. The molecule has 2 atom stereocenters. The summed E-state index contributed by atoms with van der Waals surface area (Å²) in [5, 5.41) is 1.26. The summed E-state index contributed by atoms with van der Waals surface area (Å²) in [7, 11) is 1.87. The Bertz CT molecular complexity index is 1160. The zero-order valence-electron chi connectivity index (χ0n) is 19.8. The third-order valence-electron chi connectivity index (χ3n) is 7.28. The molecule has 0 spiro atoms. The SMILES string of the molecule is CCc1cc(-c2cnc3c(c2)C(C2CCCOCCO2)CC(=O)N(C)C3)c(C)c2cc[nH]c12. The molecule has 33 heavy (non-hydrogen) atoms. The highest BCUT2D eigenvalue weighted by Crippen LogP contribution is 2.38. The van der Waals surface area contributed by atoms with Gasteiger partial charge >= 0.3 is 0 Å². The first-order chi connectivity index (χ1) is 16.1. The maximum atomic E-state index is 12.9. The first kappa shape index (κ1) is 22.1. The lowest BCUT2D eigenvalue weighted by Gasteiger charge is -2.29. The molecule has 1 aromatic carbocycles. The predicted octanol–water partition coefficient (Wildman–Crippen LogP) is 4.74. The number of carbonyl (C=O) groups excluding carboxylic acids is 1. The van der Waals surface area contributed by atoms with Crippen molar-refractivity contribution in [2.45, 2.75) is 58.1 Å². The Balaban J connectivity index is 1.61. The van der Waals surface area contributed by atoms with Crippen LogP contribution in [0, 0.1) is 6.92 Å². The van der Waals surface area contributed by atoms with E-state index >= 15 is 0 Å². The van der Waals surface area contributed by atoms with Gasteiger partial charge in [0.2, 0.25) is 5.91 Å². The van der Waals surface area contributed by atoms with Gasteiger partial charge in [0.05, 0.1) is 31.6 Å². The Kier molecular flexibility index (Phi) is 6.21. The van der Waals surface area contributed by atoms with Gasteiger partial charge in [-0.2, -0.15) is 0 Å². The first-order valence-electron chi connectivity index (χ1n) is 12.1. The van der Waals surface area contributed by atoms with Gasteiger partial charge in [-0.1, -0.05) is 6.92 Å². The summed E-state index contributed by atoms with van der Waals surface area (Å²) in [5.74, 6) is 0.157. The fourth-order valence-corrected chi connectivity index (χ4v) is 5.38. The number of aryl methyl sites for hydroxylation is 2. The molecule has 2 aliphatic rings. The summed E-state index contributed by atoms with van der Waals surface area (Å²) >= 11 is 0. The minimum absolute atomic E-state index is 0.000367. The van der Waals surface area contributed by atoms with Crippen LogP contribution in [0.1, 0.15) is 54.5 Å². The summed E-state index contributed by atoms with van der Waals surface area (Å²) in [6.45, 7) is 6.84. The number of aromatic nitrogens is 2. The van der Waals surface area contributed by atoms with Crippen LogP contribution in [0.2, 0.25) is 0 Å². The van der Waals surface area contributed by atoms with Crippen molar-refractivity contribution in [3.63, 3.8) is 0 Å². The molecule has 3 aromatic rings. The lowest BCUT2D eigenvalue weighted by Crippen LogP contribution is -2.30. The third kappa shape index (κ3) is 4.18. The van der Waals surface area contributed by atoms with E-state index in [0.717, 1.165) is 42.7 Å². The normalized spacial score (nSPS) is 22.0. The number of benzene rings is 1. The molecule has 0 aliphatic carbocycles. The van der Waals surface area contributed by atoms with Gasteiger partial charge in [-0.15, -0.1) is 0 Å². The molecular formula is C27H33N3O3. The summed E-state index contributed by atoms with van der Waals surface area (Å²) in [6, 6.07) is 6.73. The second kappa shape index (κ2) is 9.27. The molecule has 5 rings (SSSR count). The van der Waals surface area contributed by atoms with Gasteiger partial charge in [0, 0.05) is 54.9 Å². The van der Waals surface area contributed by atoms with E-state index in [1.54, 1.807) is 4.90 Å². The zero-order chi connectivity index (χ0) is 22.9. The molecule has 174 valence electrons. The Morgan fingerprint density at radius 3 is 2.97 bits per heavy atom. The van der Waals surface area contributed by atoms with Crippen molar-refractivity contribution in [2.75, 3.05) is 26.9 Å². The van der Waals surface area contributed by atoms with Gasteiger partial charge in [-0.3, -0.25) is 9.78 Å². The van der Waals surface area contributed by atoms with Gasteiger partial charge in [0.25, 0.3) is 0 Å². The number of carbonyl (C=O) groups is 1.